The number of aliphatic hydroxyl groups excluding tert-OH is 1. The predicted molar refractivity (Wildman–Crippen MR) is 114 cm³/mol. The highest BCUT2D eigenvalue weighted by Gasteiger charge is 2.49. The average molecular weight is 496 g/mol. The summed E-state index contributed by atoms with van der Waals surface area (Å²) >= 11 is 3.17. The van der Waals surface area contributed by atoms with Gasteiger partial charge in [-0.15, -0.1) is 0 Å². The maximum Gasteiger partial charge on any atom is 0.417 e. The van der Waals surface area contributed by atoms with Gasteiger partial charge in [-0.3, -0.25) is 9.59 Å². The number of hydrogen-bond acceptors (Lipinski definition) is 7. The van der Waals surface area contributed by atoms with Gasteiger partial charge in [-0.1, -0.05) is 37.3 Å². The number of amides is 2. The lowest BCUT2D eigenvalue weighted by Gasteiger charge is -2.37. The van der Waals surface area contributed by atoms with Gasteiger partial charge in [0.1, 0.15) is 12.2 Å². The Morgan fingerprint density at radius 3 is 2.58 bits per heavy atom. The summed E-state index contributed by atoms with van der Waals surface area (Å²) in [6.07, 6.45) is -0.412. The predicted octanol–water partition coefficient (Wildman–Crippen LogP) is 2.83. The van der Waals surface area contributed by atoms with E-state index in [1.165, 1.54) is 13.0 Å². The summed E-state index contributed by atoms with van der Waals surface area (Å²) in [7, 11) is 0. The van der Waals surface area contributed by atoms with E-state index in [0.717, 1.165) is 10.5 Å². The molecule has 2 heterocycles. The van der Waals surface area contributed by atoms with Crippen molar-refractivity contribution in [3.63, 3.8) is 0 Å². The molecule has 0 aromatic heterocycles. The second kappa shape index (κ2) is 9.60. The number of imide groups is 1. The van der Waals surface area contributed by atoms with Crippen molar-refractivity contribution < 1.29 is 34.1 Å². The number of ketones is 1. The Balaban J connectivity index is 1.77. The molecule has 0 aliphatic carbocycles. The van der Waals surface area contributed by atoms with Crippen LogP contribution in [-0.2, 0) is 19.1 Å². The van der Waals surface area contributed by atoms with Crippen LogP contribution in [0.1, 0.15) is 44.8 Å². The first-order valence-electron chi connectivity index (χ1n) is 10.2. The number of hydrogen-bond donors (Lipinski definition) is 2. The second-order valence-corrected chi connectivity index (χ2v) is 8.71. The van der Waals surface area contributed by atoms with Crippen molar-refractivity contribution in [3.8, 4) is 0 Å². The van der Waals surface area contributed by atoms with Gasteiger partial charge in [-0.05, 0) is 47.3 Å². The summed E-state index contributed by atoms with van der Waals surface area (Å²) < 4.78 is 11.3. The molecule has 0 spiro atoms. The SMILES string of the molecule is C[C@H](C(=O)N1C(=O)O[C@H](c2ccccc2)[C@@H]1C)[C@H]1O[C@](O)(CCCCO)C(Br)=CC1=O. The van der Waals surface area contributed by atoms with Crippen LogP contribution in [0.25, 0.3) is 0 Å². The molecule has 1 saturated heterocycles. The van der Waals surface area contributed by atoms with E-state index in [4.69, 9.17) is 14.6 Å². The van der Waals surface area contributed by atoms with Crippen LogP contribution in [0, 0.1) is 5.92 Å². The van der Waals surface area contributed by atoms with Gasteiger partial charge in [0.15, 0.2) is 11.6 Å². The Morgan fingerprint density at radius 2 is 1.94 bits per heavy atom. The number of ether oxygens (including phenoxy) is 2. The minimum absolute atomic E-state index is 0.0355. The highest BCUT2D eigenvalue weighted by Crippen LogP contribution is 2.38. The van der Waals surface area contributed by atoms with Crippen molar-refractivity contribution in [3.05, 3.63) is 46.5 Å². The largest absolute Gasteiger partial charge is 0.439 e. The zero-order valence-electron chi connectivity index (χ0n) is 17.4. The molecule has 8 nitrogen and oxygen atoms in total. The topological polar surface area (TPSA) is 113 Å². The Bertz CT molecular complexity index is 874. The number of rotatable bonds is 7. The standard InChI is InChI=1S/C22H26BrNO7/c1-13(18-16(26)12-17(23)22(29,31-18)10-6-7-11-25)20(27)24-14(2)19(30-21(24)28)15-8-4-3-5-9-15/h3-5,8-9,12-14,18-19,25,29H,6-7,10-11H2,1-2H3/t13-,14-,18+,19-,22+/m0/s1. The monoisotopic (exact) mass is 495 g/mol. The summed E-state index contributed by atoms with van der Waals surface area (Å²) in [4.78, 5) is 39.3. The molecule has 1 aromatic rings. The maximum atomic E-state index is 13.2. The molecule has 5 atom stereocenters. The number of nitrogens with zero attached hydrogens (tertiary/aromatic N) is 1. The number of carbonyl (C=O) groups is 3. The van der Waals surface area contributed by atoms with E-state index >= 15 is 0 Å². The molecule has 0 radical (unpaired) electrons. The fourth-order valence-corrected chi connectivity index (χ4v) is 4.36. The number of aliphatic hydroxyl groups is 2. The van der Waals surface area contributed by atoms with Gasteiger partial charge in [-0.25, -0.2) is 9.69 Å². The van der Waals surface area contributed by atoms with Crippen LogP contribution in [0.15, 0.2) is 40.9 Å². The van der Waals surface area contributed by atoms with E-state index in [-0.39, 0.29) is 17.5 Å². The Hall–Kier alpha value is -2.07. The zero-order chi connectivity index (χ0) is 22.8. The van der Waals surface area contributed by atoms with Crippen molar-refractivity contribution in [2.24, 2.45) is 5.92 Å². The van der Waals surface area contributed by atoms with Crippen LogP contribution >= 0.6 is 15.9 Å². The average Bonchev–Trinajstić information content (AvgIpc) is 3.05. The molecule has 2 aliphatic heterocycles. The molecule has 2 amide bonds. The molecule has 1 fully saturated rings. The number of benzene rings is 1. The summed E-state index contributed by atoms with van der Waals surface area (Å²) in [5.74, 6) is -3.91. The van der Waals surface area contributed by atoms with Crippen molar-refractivity contribution >= 4 is 33.7 Å². The first kappa shape index (κ1) is 23.6. The van der Waals surface area contributed by atoms with Crippen molar-refractivity contribution in [2.75, 3.05) is 6.61 Å². The number of cyclic esters (lactones) is 1. The number of unbranched alkanes of at least 4 members (excludes halogenated alkanes) is 1. The molecular weight excluding hydrogens is 470 g/mol. The first-order chi connectivity index (χ1) is 14.7. The van der Waals surface area contributed by atoms with Gasteiger partial charge in [0, 0.05) is 13.0 Å². The Kier molecular flexibility index (Phi) is 7.31. The van der Waals surface area contributed by atoms with Gasteiger partial charge in [0.25, 0.3) is 0 Å². The van der Waals surface area contributed by atoms with Gasteiger partial charge in [0.2, 0.25) is 5.91 Å². The third-order valence-corrected chi connectivity index (χ3v) is 6.50. The minimum atomic E-state index is -1.79. The normalized spacial score (nSPS) is 29.5. The van der Waals surface area contributed by atoms with Gasteiger partial charge >= 0.3 is 6.09 Å². The lowest BCUT2D eigenvalue weighted by Crippen LogP contribution is -2.51. The maximum absolute atomic E-state index is 13.2. The quantitative estimate of drug-likeness (QED) is 0.559. The lowest BCUT2D eigenvalue weighted by molar-refractivity contribution is -0.217. The molecule has 168 valence electrons. The first-order valence-corrected chi connectivity index (χ1v) is 11.0. The van der Waals surface area contributed by atoms with E-state index < -0.39 is 47.7 Å². The summed E-state index contributed by atoms with van der Waals surface area (Å²) in [5.41, 5.74) is 0.765. The molecule has 1 aromatic carbocycles. The molecule has 2 N–H and O–H groups in total. The van der Waals surface area contributed by atoms with E-state index in [2.05, 4.69) is 15.9 Å². The second-order valence-electron chi connectivity index (χ2n) is 7.85. The van der Waals surface area contributed by atoms with E-state index in [1.54, 1.807) is 6.92 Å². The van der Waals surface area contributed by atoms with Crippen LogP contribution in [0.3, 0.4) is 0 Å². The third-order valence-electron chi connectivity index (χ3n) is 5.65. The molecule has 0 saturated carbocycles. The summed E-state index contributed by atoms with van der Waals surface area (Å²) in [5, 5.41) is 19.8. The van der Waals surface area contributed by atoms with Crippen LogP contribution in [0.2, 0.25) is 0 Å². The van der Waals surface area contributed by atoms with Gasteiger partial charge < -0.3 is 19.7 Å². The lowest BCUT2D eigenvalue weighted by atomic mass is 9.93. The fraction of sp³-hybridized carbons (Fsp3) is 0.500. The highest BCUT2D eigenvalue weighted by molar-refractivity contribution is 9.11. The van der Waals surface area contributed by atoms with Crippen LogP contribution in [-0.4, -0.2) is 57.4 Å². The molecule has 2 aliphatic rings. The third kappa shape index (κ3) is 4.74. The number of halogens is 1. The van der Waals surface area contributed by atoms with E-state index in [1.807, 2.05) is 30.3 Å². The van der Waals surface area contributed by atoms with Gasteiger partial charge in [0.05, 0.1) is 16.4 Å². The highest BCUT2D eigenvalue weighted by atomic mass is 79.9. The Labute approximate surface area is 188 Å². The van der Waals surface area contributed by atoms with Crippen LogP contribution in [0.5, 0.6) is 0 Å². The fourth-order valence-electron chi connectivity index (χ4n) is 3.84. The molecule has 3 rings (SSSR count). The molecule has 0 unspecified atom stereocenters. The molecule has 9 heteroatoms. The Morgan fingerprint density at radius 1 is 1.26 bits per heavy atom. The van der Waals surface area contributed by atoms with Crippen LogP contribution < -0.4 is 0 Å². The summed E-state index contributed by atoms with van der Waals surface area (Å²) in [6.45, 7) is 3.16. The van der Waals surface area contributed by atoms with Crippen LogP contribution in [0.4, 0.5) is 4.79 Å². The smallest absolute Gasteiger partial charge is 0.417 e. The molecule has 0 bridgehead atoms. The van der Waals surface area contributed by atoms with Gasteiger partial charge in [-0.2, -0.15) is 0 Å². The zero-order valence-corrected chi connectivity index (χ0v) is 18.9. The van der Waals surface area contributed by atoms with E-state index in [9.17, 15) is 19.5 Å². The minimum Gasteiger partial charge on any atom is -0.439 e. The van der Waals surface area contributed by atoms with Crippen molar-refractivity contribution in [1.82, 2.24) is 4.90 Å². The van der Waals surface area contributed by atoms with Crippen molar-refractivity contribution in [1.29, 1.82) is 0 Å². The molecular formula is C22H26BrNO7. The molecule has 31 heavy (non-hydrogen) atoms. The summed E-state index contributed by atoms with van der Waals surface area (Å²) in [6, 6.07) is 8.53. The number of carbonyl (C=O) groups excluding carboxylic acids is 3. The van der Waals surface area contributed by atoms with E-state index in [0.29, 0.717) is 12.8 Å². The van der Waals surface area contributed by atoms with Crippen molar-refractivity contribution in [2.45, 2.75) is 57.1 Å².